The summed E-state index contributed by atoms with van der Waals surface area (Å²) in [5.41, 5.74) is 6.22. The zero-order chi connectivity index (χ0) is 13.9. The molecule has 0 aliphatic heterocycles. The Hall–Kier alpha value is -1.18. The molecular formula is C12H21N3O3S. The van der Waals surface area contributed by atoms with Crippen LogP contribution in [-0.4, -0.2) is 44.4 Å². The minimum Gasteiger partial charge on any atom is -0.382 e. The second kappa shape index (κ2) is 9.71. The predicted molar refractivity (Wildman–Crippen MR) is 75.2 cm³/mol. The highest BCUT2D eigenvalue weighted by Crippen LogP contribution is 2.11. The van der Waals surface area contributed by atoms with Gasteiger partial charge in [-0.2, -0.15) is 0 Å². The molecule has 0 spiro atoms. The highest BCUT2D eigenvalue weighted by molar-refractivity contribution is 7.13. The Labute approximate surface area is 117 Å². The normalized spacial score (nSPS) is 10.6. The van der Waals surface area contributed by atoms with Crippen LogP contribution in [0.5, 0.6) is 0 Å². The summed E-state index contributed by atoms with van der Waals surface area (Å²) in [7, 11) is 1.65. The zero-order valence-corrected chi connectivity index (χ0v) is 12.0. The Morgan fingerprint density at radius 2 is 2.26 bits per heavy atom. The standard InChI is InChI=1S/C12H21N3O3S/c1-17-6-7-18-5-3-2-4-14-11(16)8-10-9-19-12(13)15-10/h9H,2-8H2,1H3,(H2,13,15)(H,14,16). The summed E-state index contributed by atoms with van der Waals surface area (Å²) in [6.45, 7) is 2.59. The quantitative estimate of drug-likeness (QED) is 0.622. The summed E-state index contributed by atoms with van der Waals surface area (Å²) in [5, 5.41) is 5.15. The van der Waals surface area contributed by atoms with Crippen LogP contribution in [0.4, 0.5) is 5.13 Å². The average Bonchev–Trinajstić information content (AvgIpc) is 2.78. The minimum atomic E-state index is -0.0226. The van der Waals surface area contributed by atoms with Crippen LogP contribution in [-0.2, 0) is 20.7 Å². The van der Waals surface area contributed by atoms with Gasteiger partial charge in [-0.1, -0.05) is 0 Å². The van der Waals surface area contributed by atoms with E-state index >= 15 is 0 Å². The first-order chi connectivity index (χ1) is 9.22. The van der Waals surface area contributed by atoms with Crippen LogP contribution in [0.3, 0.4) is 0 Å². The number of anilines is 1. The van der Waals surface area contributed by atoms with Gasteiger partial charge >= 0.3 is 0 Å². The van der Waals surface area contributed by atoms with Crippen LogP contribution in [0, 0.1) is 0 Å². The fourth-order valence-corrected chi connectivity index (χ4v) is 1.99. The molecule has 0 radical (unpaired) electrons. The van der Waals surface area contributed by atoms with Crippen LogP contribution in [0.2, 0.25) is 0 Å². The number of methoxy groups -OCH3 is 1. The van der Waals surface area contributed by atoms with Gasteiger partial charge in [0, 0.05) is 25.6 Å². The van der Waals surface area contributed by atoms with Crippen molar-refractivity contribution in [2.45, 2.75) is 19.3 Å². The van der Waals surface area contributed by atoms with Crippen molar-refractivity contribution in [1.29, 1.82) is 0 Å². The van der Waals surface area contributed by atoms with Gasteiger partial charge in [0.15, 0.2) is 5.13 Å². The summed E-state index contributed by atoms with van der Waals surface area (Å²) in [4.78, 5) is 15.6. The number of amides is 1. The minimum absolute atomic E-state index is 0.0226. The molecule has 1 aromatic rings. The van der Waals surface area contributed by atoms with Gasteiger partial charge in [0.2, 0.25) is 5.91 Å². The van der Waals surface area contributed by atoms with Crippen LogP contribution >= 0.6 is 11.3 Å². The number of nitrogen functional groups attached to an aromatic ring is 1. The van der Waals surface area contributed by atoms with Crippen molar-refractivity contribution in [3.63, 3.8) is 0 Å². The molecule has 6 nitrogen and oxygen atoms in total. The van der Waals surface area contributed by atoms with Crippen LogP contribution < -0.4 is 11.1 Å². The number of thiazole rings is 1. The van der Waals surface area contributed by atoms with Crippen LogP contribution in [0.1, 0.15) is 18.5 Å². The monoisotopic (exact) mass is 287 g/mol. The second-order valence-electron chi connectivity index (χ2n) is 4.02. The Kier molecular flexibility index (Phi) is 8.11. The van der Waals surface area contributed by atoms with Crippen LogP contribution in [0.15, 0.2) is 5.38 Å². The van der Waals surface area contributed by atoms with Gasteiger partial charge in [-0.3, -0.25) is 4.79 Å². The molecule has 0 aliphatic carbocycles. The number of nitrogens with zero attached hydrogens (tertiary/aromatic N) is 1. The van der Waals surface area contributed by atoms with Gasteiger partial charge < -0.3 is 20.5 Å². The molecule has 0 fully saturated rings. The number of carbonyl (C=O) groups excluding carboxylic acids is 1. The highest BCUT2D eigenvalue weighted by atomic mass is 32.1. The number of hydrogen-bond donors (Lipinski definition) is 2. The molecule has 1 rings (SSSR count). The summed E-state index contributed by atoms with van der Waals surface area (Å²) in [6.07, 6.45) is 2.11. The van der Waals surface area contributed by atoms with Crippen molar-refractivity contribution in [2.24, 2.45) is 0 Å². The Balaban J connectivity index is 1.96. The molecule has 7 heteroatoms. The number of aromatic nitrogens is 1. The van der Waals surface area contributed by atoms with Crippen molar-refractivity contribution < 1.29 is 14.3 Å². The Morgan fingerprint density at radius 3 is 2.95 bits per heavy atom. The SMILES string of the molecule is COCCOCCCCNC(=O)Cc1csc(N)n1. The molecule has 108 valence electrons. The fourth-order valence-electron chi connectivity index (χ4n) is 1.43. The van der Waals surface area contributed by atoms with Gasteiger partial charge in [-0.15, -0.1) is 11.3 Å². The first-order valence-corrected chi connectivity index (χ1v) is 7.13. The topological polar surface area (TPSA) is 86.5 Å². The fraction of sp³-hybridized carbons (Fsp3) is 0.667. The molecule has 19 heavy (non-hydrogen) atoms. The number of unbranched alkanes of at least 4 members (excludes halogenated alkanes) is 1. The van der Waals surface area contributed by atoms with Gasteiger partial charge in [0.1, 0.15) is 0 Å². The Bertz CT molecular complexity index is 371. The van der Waals surface area contributed by atoms with Gasteiger partial charge in [-0.25, -0.2) is 4.98 Å². The summed E-state index contributed by atoms with van der Waals surface area (Å²) in [5.74, 6) is -0.0226. The summed E-state index contributed by atoms with van der Waals surface area (Å²) < 4.78 is 10.2. The summed E-state index contributed by atoms with van der Waals surface area (Å²) >= 11 is 1.35. The maximum atomic E-state index is 11.6. The van der Waals surface area contributed by atoms with Crippen molar-refractivity contribution in [1.82, 2.24) is 10.3 Å². The van der Waals surface area contributed by atoms with E-state index in [4.69, 9.17) is 15.2 Å². The van der Waals surface area contributed by atoms with Crippen LogP contribution in [0.25, 0.3) is 0 Å². The number of ether oxygens (including phenoxy) is 2. The zero-order valence-electron chi connectivity index (χ0n) is 11.2. The molecule has 0 saturated heterocycles. The maximum absolute atomic E-state index is 11.6. The molecule has 0 saturated carbocycles. The third kappa shape index (κ3) is 7.76. The largest absolute Gasteiger partial charge is 0.382 e. The van der Waals surface area contributed by atoms with E-state index in [0.29, 0.717) is 31.5 Å². The predicted octanol–water partition coefficient (Wildman–Crippen LogP) is 0.827. The number of nitrogens with two attached hydrogens (primary N) is 1. The molecular weight excluding hydrogens is 266 g/mol. The molecule has 1 heterocycles. The lowest BCUT2D eigenvalue weighted by molar-refractivity contribution is -0.120. The van der Waals surface area contributed by atoms with Gasteiger partial charge in [0.25, 0.3) is 0 Å². The number of carbonyl (C=O) groups is 1. The van der Waals surface area contributed by atoms with Gasteiger partial charge in [-0.05, 0) is 12.8 Å². The third-order valence-electron chi connectivity index (χ3n) is 2.38. The van der Waals surface area contributed by atoms with Crippen molar-refractivity contribution >= 4 is 22.4 Å². The van der Waals surface area contributed by atoms with E-state index < -0.39 is 0 Å². The molecule has 1 amide bonds. The van der Waals surface area contributed by atoms with Crippen molar-refractivity contribution in [3.05, 3.63) is 11.1 Å². The molecule has 0 bridgehead atoms. The number of hydrogen-bond acceptors (Lipinski definition) is 6. The Morgan fingerprint density at radius 1 is 1.42 bits per heavy atom. The van der Waals surface area contributed by atoms with E-state index in [1.54, 1.807) is 12.5 Å². The maximum Gasteiger partial charge on any atom is 0.226 e. The lowest BCUT2D eigenvalue weighted by atomic mass is 10.3. The van der Waals surface area contributed by atoms with E-state index in [1.165, 1.54) is 11.3 Å². The first kappa shape index (κ1) is 15.9. The van der Waals surface area contributed by atoms with E-state index in [0.717, 1.165) is 18.5 Å². The number of rotatable bonds is 10. The molecule has 0 unspecified atom stereocenters. The third-order valence-corrected chi connectivity index (χ3v) is 3.10. The van der Waals surface area contributed by atoms with E-state index in [1.807, 2.05) is 0 Å². The van der Waals surface area contributed by atoms with E-state index in [-0.39, 0.29) is 12.3 Å². The van der Waals surface area contributed by atoms with E-state index in [2.05, 4.69) is 10.3 Å². The lowest BCUT2D eigenvalue weighted by Gasteiger charge is -2.05. The van der Waals surface area contributed by atoms with E-state index in [9.17, 15) is 4.79 Å². The molecule has 0 atom stereocenters. The second-order valence-corrected chi connectivity index (χ2v) is 4.91. The smallest absolute Gasteiger partial charge is 0.226 e. The van der Waals surface area contributed by atoms with Gasteiger partial charge in [0.05, 0.1) is 25.3 Å². The lowest BCUT2D eigenvalue weighted by Crippen LogP contribution is -2.26. The first-order valence-electron chi connectivity index (χ1n) is 6.25. The molecule has 3 N–H and O–H groups in total. The molecule has 1 aromatic heterocycles. The molecule has 0 aromatic carbocycles. The van der Waals surface area contributed by atoms with Crippen molar-refractivity contribution in [2.75, 3.05) is 39.2 Å². The molecule has 0 aliphatic rings. The number of nitrogens with one attached hydrogen (secondary N) is 1. The average molecular weight is 287 g/mol. The van der Waals surface area contributed by atoms with Crippen molar-refractivity contribution in [3.8, 4) is 0 Å². The summed E-state index contributed by atoms with van der Waals surface area (Å²) in [6, 6.07) is 0. The highest BCUT2D eigenvalue weighted by Gasteiger charge is 2.05.